The minimum Gasteiger partial charge on any atom is -0.490 e. The molecule has 0 saturated heterocycles. The Kier molecular flexibility index (Phi) is 4.51. The summed E-state index contributed by atoms with van der Waals surface area (Å²) in [6.45, 7) is 4.63. The number of benzene rings is 1. The van der Waals surface area contributed by atoms with Gasteiger partial charge < -0.3 is 14.8 Å². The number of nitrogens with one attached hydrogen (secondary N) is 1. The van der Waals surface area contributed by atoms with E-state index in [1.165, 1.54) is 24.8 Å². The van der Waals surface area contributed by atoms with Gasteiger partial charge in [0.05, 0.1) is 17.7 Å². The predicted molar refractivity (Wildman–Crippen MR) is 83.4 cm³/mol. The molecule has 1 heterocycles. The summed E-state index contributed by atoms with van der Waals surface area (Å²) in [5, 5.41) is 3.63. The minimum atomic E-state index is 0.596. The van der Waals surface area contributed by atoms with E-state index in [9.17, 15) is 0 Å². The maximum atomic E-state index is 5.77. The largest absolute Gasteiger partial charge is 0.490 e. The molecule has 0 amide bonds. The molecule has 1 aromatic carbocycles. The molecule has 0 radical (unpaired) electrons. The van der Waals surface area contributed by atoms with Gasteiger partial charge in [0.2, 0.25) is 0 Å². The van der Waals surface area contributed by atoms with E-state index in [2.05, 4.69) is 40.3 Å². The summed E-state index contributed by atoms with van der Waals surface area (Å²) in [6, 6.07) is 4.83. The number of halogens is 1. The van der Waals surface area contributed by atoms with Crippen molar-refractivity contribution in [3.8, 4) is 11.5 Å². The Labute approximate surface area is 129 Å². The average Bonchev–Trinajstić information content (AvgIpc) is 2.60. The number of fused-ring (bicyclic) bond motifs is 1. The molecule has 1 aliphatic heterocycles. The molecule has 1 fully saturated rings. The molecule has 110 valence electrons. The predicted octanol–water partition coefficient (Wildman–Crippen LogP) is 3.89. The fourth-order valence-electron chi connectivity index (χ4n) is 2.77. The van der Waals surface area contributed by atoms with Crippen molar-refractivity contribution in [3.63, 3.8) is 0 Å². The first kappa shape index (κ1) is 14.2. The van der Waals surface area contributed by atoms with Gasteiger partial charge in [0.25, 0.3) is 0 Å². The third-order valence-electron chi connectivity index (χ3n) is 4.35. The highest BCUT2D eigenvalue weighted by molar-refractivity contribution is 9.10. The first-order chi connectivity index (χ1) is 9.74. The van der Waals surface area contributed by atoms with Crippen molar-refractivity contribution < 1.29 is 9.47 Å². The van der Waals surface area contributed by atoms with E-state index in [1.807, 2.05) is 0 Å². The highest BCUT2D eigenvalue weighted by Crippen LogP contribution is 2.38. The van der Waals surface area contributed by atoms with E-state index < -0.39 is 0 Å². The Balaban J connectivity index is 1.67. The molecule has 0 bridgehead atoms. The van der Waals surface area contributed by atoms with Crippen LogP contribution in [0.25, 0.3) is 0 Å². The standard InChI is InChI=1S/C16H22BrNO2/c1-11(13-4-2-5-13)18-10-12-8-14(17)16-15(9-12)19-6-3-7-20-16/h8-9,11,13,18H,2-7,10H2,1H3. The van der Waals surface area contributed by atoms with Crippen LogP contribution < -0.4 is 14.8 Å². The van der Waals surface area contributed by atoms with Crippen LogP contribution in [0, 0.1) is 5.92 Å². The Morgan fingerprint density at radius 3 is 2.80 bits per heavy atom. The second-order valence-corrected chi connectivity index (χ2v) is 6.67. The molecule has 1 atom stereocenters. The van der Waals surface area contributed by atoms with Crippen LogP contribution in [0.2, 0.25) is 0 Å². The van der Waals surface area contributed by atoms with E-state index in [-0.39, 0.29) is 0 Å². The average molecular weight is 340 g/mol. The van der Waals surface area contributed by atoms with Crippen molar-refractivity contribution in [2.24, 2.45) is 5.92 Å². The molecule has 1 aliphatic carbocycles. The molecule has 20 heavy (non-hydrogen) atoms. The summed E-state index contributed by atoms with van der Waals surface area (Å²) in [7, 11) is 0. The lowest BCUT2D eigenvalue weighted by Gasteiger charge is -2.32. The van der Waals surface area contributed by atoms with Crippen LogP contribution in [0.3, 0.4) is 0 Å². The molecule has 1 N–H and O–H groups in total. The number of hydrogen-bond acceptors (Lipinski definition) is 3. The van der Waals surface area contributed by atoms with E-state index in [0.717, 1.165) is 48.1 Å². The van der Waals surface area contributed by atoms with Gasteiger partial charge in [-0.15, -0.1) is 0 Å². The third-order valence-corrected chi connectivity index (χ3v) is 4.94. The van der Waals surface area contributed by atoms with Gasteiger partial charge in [0.1, 0.15) is 0 Å². The van der Waals surface area contributed by atoms with Crippen LogP contribution in [0.1, 0.15) is 38.2 Å². The van der Waals surface area contributed by atoms with Crippen LogP contribution in [-0.4, -0.2) is 19.3 Å². The van der Waals surface area contributed by atoms with Gasteiger partial charge in [-0.2, -0.15) is 0 Å². The van der Waals surface area contributed by atoms with Crippen LogP contribution in [0.5, 0.6) is 11.5 Å². The second-order valence-electron chi connectivity index (χ2n) is 5.82. The first-order valence-corrected chi connectivity index (χ1v) is 8.35. The van der Waals surface area contributed by atoms with E-state index in [0.29, 0.717) is 6.04 Å². The SMILES string of the molecule is CC(NCc1cc(Br)c2c(c1)OCCCO2)C1CCC1. The fourth-order valence-corrected chi connectivity index (χ4v) is 3.38. The zero-order valence-electron chi connectivity index (χ0n) is 12.0. The Bertz CT molecular complexity index is 474. The fraction of sp³-hybridized carbons (Fsp3) is 0.625. The maximum Gasteiger partial charge on any atom is 0.175 e. The molecule has 1 aromatic rings. The van der Waals surface area contributed by atoms with Gasteiger partial charge in [0.15, 0.2) is 11.5 Å². The highest BCUT2D eigenvalue weighted by atomic mass is 79.9. The lowest BCUT2D eigenvalue weighted by atomic mass is 9.80. The normalized spacial score (nSPS) is 20.1. The van der Waals surface area contributed by atoms with E-state index >= 15 is 0 Å². The van der Waals surface area contributed by atoms with Gasteiger partial charge >= 0.3 is 0 Å². The molecular formula is C16H22BrNO2. The summed E-state index contributed by atoms with van der Waals surface area (Å²) in [4.78, 5) is 0. The van der Waals surface area contributed by atoms with Crippen molar-refractivity contribution in [2.45, 2.75) is 45.2 Å². The van der Waals surface area contributed by atoms with Crippen molar-refractivity contribution in [3.05, 3.63) is 22.2 Å². The third kappa shape index (κ3) is 3.12. The Morgan fingerprint density at radius 2 is 2.05 bits per heavy atom. The number of rotatable bonds is 4. The number of hydrogen-bond donors (Lipinski definition) is 1. The first-order valence-electron chi connectivity index (χ1n) is 7.55. The second kappa shape index (κ2) is 6.35. The van der Waals surface area contributed by atoms with Crippen molar-refractivity contribution >= 4 is 15.9 Å². The zero-order chi connectivity index (χ0) is 13.9. The summed E-state index contributed by atoms with van der Waals surface area (Å²) in [5.41, 5.74) is 1.24. The van der Waals surface area contributed by atoms with Gasteiger partial charge in [-0.05, 0) is 59.3 Å². The van der Waals surface area contributed by atoms with Gasteiger partial charge in [-0.3, -0.25) is 0 Å². The monoisotopic (exact) mass is 339 g/mol. The van der Waals surface area contributed by atoms with E-state index in [4.69, 9.17) is 9.47 Å². The van der Waals surface area contributed by atoms with Crippen LogP contribution in [-0.2, 0) is 6.54 Å². The zero-order valence-corrected chi connectivity index (χ0v) is 13.5. The highest BCUT2D eigenvalue weighted by Gasteiger charge is 2.23. The summed E-state index contributed by atoms with van der Waals surface area (Å²) >= 11 is 3.60. The molecule has 3 nitrogen and oxygen atoms in total. The van der Waals surface area contributed by atoms with Crippen LogP contribution in [0.4, 0.5) is 0 Å². The minimum absolute atomic E-state index is 0.596. The van der Waals surface area contributed by atoms with Crippen LogP contribution >= 0.6 is 15.9 Å². The Morgan fingerprint density at radius 1 is 1.25 bits per heavy atom. The van der Waals surface area contributed by atoms with Gasteiger partial charge in [0, 0.05) is 19.0 Å². The maximum absolute atomic E-state index is 5.77. The van der Waals surface area contributed by atoms with Crippen molar-refractivity contribution in [1.29, 1.82) is 0 Å². The molecule has 0 aromatic heterocycles. The lowest BCUT2D eigenvalue weighted by Crippen LogP contribution is -2.36. The number of ether oxygens (including phenoxy) is 2. The molecular weight excluding hydrogens is 318 g/mol. The summed E-state index contributed by atoms with van der Waals surface area (Å²) in [5.74, 6) is 2.57. The van der Waals surface area contributed by atoms with Crippen molar-refractivity contribution in [2.75, 3.05) is 13.2 Å². The topological polar surface area (TPSA) is 30.5 Å². The van der Waals surface area contributed by atoms with Gasteiger partial charge in [-0.1, -0.05) is 6.42 Å². The molecule has 2 aliphatic rings. The summed E-state index contributed by atoms with van der Waals surface area (Å²) in [6.07, 6.45) is 5.08. The molecule has 4 heteroatoms. The van der Waals surface area contributed by atoms with Crippen molar-refractivity contribution in [1.82, 2.24) is 5.32 Å². The molecule has 3 rings (SSSR count). The molecule has 1 unspecified atom stereocenters. The smallest absolute Gasteiger partial charge is 0.175 e. The summed E-state index contributed by atoms with van der Waals surface area (Å²) < 4.78 is 12.5. The van der Waals surface area contributed by atoms with Gasteiger partial charge in [-0.25, -0.2) is 0 Å². The molecule has 1 saturated carbocycles. The van der Waals surface area contributed by atoms with E-state index in [1.54, 1.807) is 0 Å². The van der Waals surface area contributed by atoms with Crippen LogP contribution in [0.15, 0.2) is 16.6 Å². The molecule has 0 spiro atoms. The Hall–Kier alpha value is -0.740. The quantitative estimate of drug-likeness (QED) is 0.902. The lowest BCUT2D eigenvalue weighted by molar-refractivity contribution is 0.240.